The molecule has 14 heavy (non-hydrogen) atoms. The lowest BCUT2D eigenvalue weighted by molar-refractivity contribution is -0.0886. The summed E-state index contributed by atoms with van der Waals surface area (Å²) in [6.07, 6.45) is -0.318. The zero-order chi connectivity index (χ0) is 10.6. The SMILES string of the molecule is COCCN=C(N)NC1CC(F)(F)C1. The van der Waals surface area contributed by atoms with Gasteiger partial charge in [-0.05, 0) is 0 Å². The van der Waals surface area contributed by atoms with E-state index in [1.54, 1.807) is 7.11 Å². The number of halogens is 2. The van der Waals surface area contributed by atoms with Gasteiger partial charge in [0.05, 0.1) is 13.2 Å². The molecular formula is C8H15F2N3O. The minimum Gasteiger partial charge on any atom is -0.383 e. The third-order valence-electron chi connectivity index (χ3n) is 2.02. The molecule has 0 heterocycles. The molecule has 0 bridgehead atoms. The molecule has 0 aromatic heterocycles. The molecule has 0 amide bonds. The van der Waals surface area contributed by atoms with Gasteiger partial charge >= 0.3 is 0 Å². The van der Waals surface area contributed by atoms with Gasteiger partial charge in [0.15, 0.2) is 5.96 Å². The average molecular weight is 207 g/mol. The van der Waals surface area contributed by atoms with Crippen molar-refractivity contribution in [2.24, 2.45) is 10.7 Å². The maximum atomic E-state index is 12.4. The summed E-state index contributed by atoms with van der Waals surface area (Å²) >= 11 is 0. The van der Waals surface area contributed by atoms with Gasteiger partial charge in [0.1, 0.15) is 0 Å². The van der Waals surface area contributed by atoms with Crippen molar-refractivity contribution >= 4 is 5.96 Å². The molecule has 0 aliphatic heterocycles. The van der Waals surface area contributed by atoms with Crippen LogP contribution < -0.4 is 11.1 Å². The van der Waals surface area contributed by atoms with Crippen LogP contribution >= 0.6 is 0 Å². The quantitative estimate of drug-likeness (QED) is 0.397. The summed E-state index contributed by atoms with van der Waals surface area (Å²) in [7, 11) is 1.56. The molecule has 0 atom stereocenters. The zero-order valence-electron chi connectivity index (χ0n) is 8.09. The van der Waals surface area contributed by atoms with Gasteiger partial charge in [-0.2, -0.15) is 0 Å². The number of rotatable bonds is 4. The Bertz CT molecular complexity index is 213. The number of hydrogen-bond acceptors (Lipinski definition) is 2. The summed E-state index contributed by atoms with van der Waals surface area (Å²) in [5.41, 5.74) is 5.45. The maximum Gasteiger partial charge on any atom is 0.252 e. The van der Waals surface area contributed by atoms with Crippen LogP contribution in [0, 0.1) is 0 Å². The molecule has 0 aromatic rings. The largest absolute Gasteiger partial charge is 0.383 e. The van der Waals surface area contributed by atoms with Crippen LogP contribution in [0.5, 0.6) is 0 Å². The zero-order valence-corrected chi connectivity index (χ0v) is 8.09. The Hall–Kier alpha value is -0.910. The van der Waals surface area contributed by atoms with Crippen LogP contribution in [0.4, 0.5) is 8.78 Å². The van der Waals surface area contributed by atoms with Crippen LogP contribution in [0.1, 0.15) is 12.8 Å². The van der Waals surface area contributed by atoms with Gasteiger partial charge in [-0.15, -0.1) is 0 Å². The Morgan fingerprint density at radius 1 is 1.64 bits per heavy atom. The number of hydrogen-bond donors (Lipinski definition) is 2. The molecule has 82 valence electrons. The van der Waals surface area contributed by atoms with E-state index < -0.39 is 5.92 Å². The minimum atomic E-state index is -2.52. The second-order valence-electron chi connectivity index (χ2n) is 3.37. The van der Waals surface area contributed by atoms with E-state index in [0.717, 1.165) is 0 Å². The summed E-state index contributed by atoms with van der Waals surface area (Å²) in [4.78, 5) is 3.90. The van der Waals surface area contributed by atoms with E-state index >= 15 is 0 Å². The van der Waals surface area contributed by atoms with Crippen LogP contribution in [0.2, 0.25) is 0 Å². The van der Waals surface area contributed by atoms with Gasteiger partial charge in [-0.1, -0.05) is 0 Å². The molecule has 1 rings (SSSR count). The van der Waals surface area contributed by atoms with Gasteiger partial charge in [0, 0.05) is 26.0 Å². The summed E-state index contributed by atoms with van der Waals surface area (Å²) in [6.45, 7) is 0.918. The third-order valence-corrected chi connectivity index (χ3v) is 2.02. The predicted molar refractivity (Wildman–Crippen MR) is 49.5 cm³/mol. The van der Waals surface area contributed by atoms with Crippen molar-refractivity contribution < 1.29 is 13.5 Å². The highest BCUT2D eigenvalue weighted by atomic mass is 19.3. The molecule has 4 nitrogen and oxygen atoms in total. The molecule has 3 N–H and O–H groups in total. The molecule has 1 aliphatic rings. The normalized spacial score (nSPS) is 21.8. The van der Waals surface area contributed by atoms with Crippen LogP contribution in [0.15, 0.2) is 4.99 Å². The summed E-state index contributed by atoms with van der Waals surface area (Å²) in [5, 5.41) is 2.72. The first-order valence-corrected chi connectivity index (χ1v) is 4.47. The summed E-state index contributed by atoms with van der Waals surface area (Å²) < 4.78 is 29.6. The molecule has 6 heteroatoms. The van der Waals surface area contributed by atoms with Crippen molar-refractivity contribution in [1.82, 2.24) is 5.32 Å². The number of ether oxygens (including phenoxy) is 1. The minimum absolute atomic E-state index is 0.159. The molecule has 0 saturated heterocycles. The number of guanidine groups is 1. The smallest absolute Gasteiger partial charge is 0.252 e. The van der Waals surface area contributed by atoms with Crippen molar-refractivity contribution in [3.8, 4) is 0 Å². The maximum absolute atomic E-state index is 12.4. The van der Waals surface area contributed by atoms with Crippen molar-refractivity contribution in [3.63, 3.8) is 0 Å². The molecule has 1 fully saturated rings. The summed E-state index contributed by atoms with van der Waals surface area (Å²) in [5.74, 6) is -2.31. The molecular weight excluding hydrogens is 192 g/mol. The topological polar surface area (TPSA) is 59.6 Å². The van der Waals surface area contributed by atoms with E-state index in [-0.39, 0.29) is 24.8 Å². The molecule has 1 aliphatic carbocycles. The first-order valence-electron chi connectivity index (χ1n) is 4.47. The van der Waals surface area contributed by atoms with E-state index in [2.05, 4.69) is 10.3 Å². The van der Waals surface area contributed by atoms with Crippen molar-refractivity contribution in [1.29, 1.82) is 0 Å². The average Bonchev–Trinajstić information content (AvgIpc) is 2.01. The Morgan fingerprint density at radius 3 is 2.79 bits per heavy atom. The number of alkyl halides is 2. The van der Waals surface area contributed by atoms with Crippen LogP contribution in [0.25, 0.3) is 0 Å². The summed E-state index contributed by atoms with van der Waals surface area (Å²) in [6, 6.07) is -0.240. The number of nitrogens with zero attached hydrogens (tertiary/aromatic N) is 1. The lowest BCUT2D eigenvalue weighted by atomic mass is 9.88. The van der Waals surface area contributed by atoms with Gasteiger partial charge in [0.25, 0.3) is 5.92 Å². The number of nitrogens with one attached hydrogen (secondary N) is 1. The van der Waals surface area contributed by atoms with Crippen molar-refractivity contribution in [2.45, 2.75) is 24.8 Å². The Balaban J connectivity index is 2.15. The van der Waals surface area contributed by atoms with Crippen LogP contribution in [0.3, 0.4) is 0 Å². The van der Waals surface area contributed by atoms with E-state index in [1.807, 2.05) is 0 Å². The van der Waals surface area contributed by atoms with Gasteiger partial charge in [-0.3, -0.25) is 4.99 Å². The van der Waals surface area contributed by atoms with Crippen LogP contribution in [-0.4, -0.2) is 38.2 Å². The predicted octanol–water partition coefficient (Wildman–Crippen LogP) is 0.335. The fourth-order valence-corrected chi connectivity index (χ4v) is 1.28. The second-order valence-corrected chi connectivity index (χ2v) is 3.37. The fourth-order valence-electron chi connectivity index (χ4n) is 1.28. The molecule has 1 saturated carbocycles. The standard InChI is InChI=1S/C8H15F2N3O/c1-14-3-2-12-7(11)13-6-4-8(9,10)5-6/h6H,2-5H2,1H3,(H3,11,12,13). The van der Waals surface area contributed by atoms with Gasteiger partial charge in [-0.25, -0.2) is 8.78 Å². The lowest BCUT2D eigenvalue weighted by Gasteiger charge is -2.35. The Morgan fingerprint density at radius 2 is 2.29 bits per heavy atom. The molecule has 0 aromatic carbocycles. The fraction of sp³-hybridized carbons (Fsp3) is 0.875. The number of aliphatic imine (C=N–C) groups is 1. The van der Waals surface area contributed by atoms with E-state index in [0.29, 0.717) is 13.2 Å². The van der Waals surface area contributed by atoms with Crippen LogP contribution in [-0.2, 0) is 4.74 Å². The Labute approximate surface area is 81.5 Å². The first kappa shape index (κ1) is 11.2. The first-order chi connectivity index (χ1) is 6.53. The molecule has 0 spiro atoms. The highest BCUT2D eigenvalue weighted by Crippen LogP contribution is 2.37. The lowest BCUT2D eigenvalue weighted by Crippen LogP contribution is -2.52. The highest BCUT2D eigenvalue weighted by molar-refractivity contribution is 5.78. The molecule has 0 unspecified atom stereocenters. The van der Waals surface area contributed by atoms with E-state index in [9.17, 15) is 8.78 Å². The van der Waals surface area contributed by atoms with Gasteiger partial charge in [0.2, 0.25) is 0 Å². The monoisotopic (exact) mass is 207 g/mol. The number of nitrogens with two attached hydrogens (primary N) is 1. The van der Waals surface area contributed by atoms with Crippen molar-refractivity contribution in [3.05, 3.63) is 0 Å². The van der Waals surface area contributed by atoms with E-state index in [4.69, 9.17) is 10.5 Å². The second kappa shape index (κ2) is 4.54. The Kier molecular flexibility index (Phi) is 3.62. The van der Waals surface area contributed by atoms with Gasteiger partial charge < -0.3 is 15.8 Å². The third kappa shape index (κ3) is 3.45. The van der Waals surface area contributed by atoms with E-state index in [1.165, 1.54) is 0 Å². The van der Waals surface area contributed by atoms with Crippen molar-refractivity contribution in [2.75, 3.05) is 20.3 Å². The molecule has 0 radical (unpaired) electrons. The highest BCUT2D eigenvalue weighted by Gasteiger charge is 2.45. The number of methoxy groups -OCH3 is 1.